The summed E-state index contributed by atoms with van der Waals surface area (Å²) in [4.78, 5) is 12.8. The lowest BCUT2D eigenvalue weighted by molar-refractivity contribution is -0.122. The van der Waals surface area contributed by atoms with E-state index >= 15 is 0 Å². The average Bonchev–Trinajstić information content (AvgIpc) is 3.16. The first kappa shape index (κ1) is 22.9. The molecule has 0 aliphatic heterocycles. The van der Waals surface area contributed by atoms with E-state index in [9.17, 15) is 13.2 Å². The van der Waals surface area contributed by atoms with Gasteiger partial charge in [0.2, 0.25) is 15.9 Å². The van der Waals surface area contributed by atoms with Crippen molar-refractivity contribution >= 4 is 33.4 Å². The SMILES string of the molecule is CCOc1ccc(N(C(CC)C(=O)NCCSC2CCCC2)S(C)(=O)=O)cc1. The molecule has 1 N–H and O–H groups in total. The van der Waals surface area contributed by atoms with Crippen LogP contribution in [0.4, 0.5) is 5.69 Å². The minimum absolute atomic E-state index is 0.256. The van der Waals surface area contributed by atoms with Crippen molar-refractivity contribution in [2.75, 3.05) is 29.5 Å². The Bertz CT molecular complexity index is 716. The van der Waals surface area contributed by atoms with E-state index in [1.807, 2.05) is 25.6 Å². The van der Waals surface area contributed by atoms with Crippen LogP contribution < -0.4 is 14.4 Å². The number of thioether (sulfide) groups is 1. The van der Waals surface area contributed by atoms with Gasteiger partial charge in [0, 0.05) is 17.5 Å². The number of benzene rings is 1. The number of ether oxygens (including phenoxy) is 1. The predicted octanol–water partition coefficient (Wildman–Crippen LogP) is 3.42. The Morgan fingerprint density at radius 3 is 2.43 bits per heavy atom. The van der Waals surface area contributed by atoms with Crippen molar-refractivity contribution in [1.82, 2.24) is 5.32 Å². The van der Waals surface area contributed by atoms with Gasteiger partial charge in [-0.3, -0.25) is 9.10 Å². The molecule has 28 heavy (non-hydrogen) atoms. The summed E-state index contributed by atoms with van der Waals surface area (Å²) in [5, 5.41) is 3.63. The number of hydrogen-bond donors (Lipinski definition) is 1. The molecule has 1 aliphatic rings. The molecule has 1 atom stereocenters. The smallest absolute Gasteiger partial charge is 0.243 e. The summed E-state index contributed by atoms with van der Waals surface area (Å²) in [5.74, 6) is 1.27. The molecule has 0 spiro atoms. The van der Waals surface area contributed by atoms with E-state index in [2.05, 4.69) is 5.32 Å². The lowest BCUT2D eigenvalue weighted by Gasteiger charge is -2.30. The van der Waals surface area contributed by atoms with Crippen LogP contribution in [0, 0.1) is 0 Å². The zero-order chi connectivity index (χ0) is 20.6. The maximum atomic E-state index is 12.8. The third kappa shape index (κ3) is 6.58. The summed E-state index contributed by atoms with van der Waals surface area (Å²) < 4.78 is 31.6. The third-order valence-electron chi connectivity index (χ3n) is 4.79. The van der Waals surface area contributed by atoms with Gasteiger partial charge in [0.1, 0.15) is 11.8 Å². The molecule has 8 heteroatoms. The normalized spacial score (nSPS) is 16.0. The molecule has 1 aromatic carbocycles. The van der Waals surface area contributed by atoms with Crippen molar-refractivity contribution in [2.24, 2.45) is 0 Å². The second kappa shape index (κ2) is 11.0. The molecule has 0 radical (unpaired) electrons. The van der Waals surface area contributed by atoms with Crippen LogP contribution in [-0.2, 0) is 14.8 Å². The number of sulfonamides is 1. The van der Waals surface area contributed by atoms with Gasteiger partial charge in [0.15, 0.2) is 0 Å². The molecule has 0 saturated heterocycles. The number of hydrogen-bond acceptors (Lipinski definition) is 5. The standard InChI is InChI=1S/C20H32N2O4S2/c1-4-19(20(23)21-14-15-27-18-8-6-7-9-18)22(28(3,24)25)16-10-12-17(13-11-16)26-5-2/h10-13,18-19H,4-9,14-15H2,1-3H3,(H,21,23). The molecule has 2 rings (SSSR count). The van der Waals surface area contributed by atoms with Gasteiger partial charge in [0.05, 0.1) is 18.6 Å². The Kier molecular flexibility index (Phi) is 8.95. The lowest BCUT2D eigenvalue weighted by atomic mass is 10.2. The number of nitrogens with zero attached hydrogens (tertiary/aromatic N) is 1. The van der Waals surface area contributed by atoms with Crippen LogP contribution in [0.3, 0.4) is 0 Å². The van der Waals surface area contributed by atoms with Crippen LogP contribution in [0.25, 0.3) is 0 Å². The van der Waals surface area contributed by atoms with Gasteiger partial charge in [-0.2, -0.15) is 11.8 Å². The monoisotopic (exact) mass is 428 g/mol. The summed E-state index contributed by atoms with van der Waals surface area (Å²) in [6.45, 7) is 4.80. The van der Waals surface area contributed by atoms with Gasteiger partial charge in [0.25, 0.3) is 0 Å². The van der Waals surface area contributed by atoms with E-state index in [1.165, 1.54) is 30.0 Å². The van der Waals surface area contributed by atoms with E-state index in [-0.39, 0.29) is 5.91 Å². The minimum atomic E-state index is -3.62. The average molecular weight is 429 g/mol. The van der Waals surface area contributed by atoms with Crippen LogP contribution >= 0.6 is 11.8 Å². The number of rotatable bonds is 11. The first-order valence-corrected chi connectivity index (χ1v) is 12.9. The van der Waals surface area contributed by atoms with Crippen molar-refractivity contribution in [3.63, 3.8) is 0 Å². The van der Waals surface area contributed by atoms with E-state index < -0.39 is 16.1 Å². The molecule has 1 aliphatic carbocycles. The highest BCUT2D eigenvalue weighted by atomic mass is 32.2. The number of carbonyl (C=O) groups is 1. The Balaban J connectivity index is 2.03. The number of nitrogens with one attached hydrogen (secondary N) is 1. The van der Waals surface area contributed by atoms with Gasteiger partial charge < -0.3 is 10.1 Å². The quantitative estimate of drug-likeness (QED) is 0.547. The summed E-state index contributed by atoms with van der Waals surface area (Å²) in [6, 6.07) is 6.03. The van der Waals surface area contributed by atoms with Gasteiger partial charge in [-0.15, -0.1) is 0 Å². The predicted molar refractivity (Wildman–Crippen MR) is 117 cm³/mol. The topological polar surface area (TPSA) is 75.7 Å². The molecular weight excluding hydrogens is 396 g/mol. The maximum absolute atomic E-state index is 12.8. The van der Waals surface area contributed by atoms with Crippen LogP contribution in [0.5, 0.6) is 5.75 Å². The minimum Gasteiger partial charge on any atom is -0.494 e. The second-order valence-corrected chi connectivity index (χ2v) is 10.2. The summed E-state index contributed by atoms with van der Waals surface area (Å²) in [7, 11) is -3.62. The van der Waals surface area contributed by atoms with Crippen molar-refractivity contribution in [3.05, 3.63) is 24.3 Å². The van der Waals surface area contributed by atoms with Crippen LogP contribution in [-0.4, -0.2) is 50.8 Å². The second-order valence-electron chi connectivity index (χ2n) is 6.98. The fraction of sp³-hybridized carbons (Fsp3) is 0.650. The Morgan fingerprint density at radius 1 is 1.25 bits per heavy atom. The lowest BCUT2D eigenvalue weighted by Crippen LogP contribution is -2.49. The molecule has 6 nitrogen and oxygen atoms in total. The first-order chi connectivity index (χ1) is 13.4. The van der Waals surface area contributed by atoms with Crippen LogP contribution in [0.2, 0.25) is 0 Å². The van der Waals surface area contributed by atoms with E-state index in [0.29, 0.717) is 36.3 Å². The summed E-state index contributed by atoms with van der Waals surface area (Å²) in [6.07, 6.45) is 6.64. The maximum Gasteiger partial charge on any atom is 0.243 e. The molecule has 0 bridgehead atoms. The number of amides is 1. The van der Waals surface area contributed by atoms with Crippen molar-refractivity contribution in [1.29, 1.82) is 0 Å². The highest BCUT2D eigenvalue weighted by Gasteiger charge is 2.31. The van der Waals surface area contributed by atoms with Crippen LogP contribution in [0.15, 0.2) is 24.3 Å². The van der Waals surface area contributed by atoms with Crippen molar-refractivity contribution in [2.45, 2.75) is 57.2 Å². The molecule has 158 valence electrons. The molecule has 0 aromatic heterocycles. The molecule has 1 amide bonds. The molecule has 1 fully saturated rings. The molecule has 0 heterocycles. The molecule has 1 saturated carbocycles. The fourth-order valence-corrected chi connectivity index (χ4v) is 5.92. The molecular formula is C20H32N2O4S2. The van der Waals surface area contributed by atoms with Gasteiger partial charge in [-0.25, -0.2) is 8.42 Å². The highest BCUT2D eigenvalue weighted by molar-refractivity contribution is 7.99. The van der Waals surface area contributed by atoms with Crippen molar-refractivity contribution < 1.29 is 17.9 Å². The Labute approximate surface area is 173 Å². The first-order valence-electron chi connectivity index (χ1n) is 9.98. The fourth-order valence-electron chi connectivity index (χ4n) is 3.49. The summed E-state index contributed by atoms with van der Waals surface area (Å²) >= 11 is 1.90. The zero-order valence-electron chi connectivity index (χ0n) is 17.0. The van der Waals surface area contributed by atoms with Gasteiger partial charge >= 0.3 is 0 Å². The molecule has 1 unspecified atom stereocenters. The van der Waals surface area contributed by atoms with Gasteiger partial charge in [-0.05, 0) is 50.5 Å². The van der Waals surface area contributed by atoms with E-state index in [0.717, 1.165) is 12.0 Å². The number of carbonyl (C=O) groups excluding carboxylic acids is 1. The van der Waals surface area contributed by atoms with Crippen molar-refractivity contribution in [3.8, 4) is 5.75 Å². The van der Waals surface area contributed by atoms with Crippen LogP contribution in [0.1, 0.15) is 46.0 Å². The van der Waals surface area contributed by atoms with E-state index in [4.69, 9.17) is 4.74 Å². The van der Waals surface area contributed by atoms with E-state index in [1.54, 1.807) is 24.3 Å². The summed E-state index contributed by atoms with van der Waals surface area (Å²) in [5.41, 5.74) is 0.466. The Morgan fingerprint density at radius 2 is 1.89 bits per heavy atom. The zero-order valence-corrected chi connectivity index (χ0v) is 18.7. The van der Waals surface area contributed by atoms with Gasteiger partial charge in [-0.1, -0.05) is 19.8 Å². The number of anilines is 1. The highest BCUT2D eigenvalue weighted by Crippen LogP contribution is 2.29. The third-order valence-corrected chi connectivity index (χ3v) is 7.35. The molecule has 1 aromatic rings. The Hall–Kier alpha value is -1.41. The largest absolute Gasteiger partial charge is 0.494 e.